The van der Waals surface area contributed by atoms with Crippen LogP contribution < -0.4 is 10.6 Å². The van der Waals surface area contributed by atoms with E-state index in [1.54, 1.807) is 0 Å². The minimum absolute atomic E-state index is 0.297. The molecule has 0 aliphatic rings. The smallest absolute Gasteiger partial charge is 0.191 e. The van der Waals surface area contributed by atoms with Gasteiger partial charge < -0.3 is 15.4 Å². The summed E-state index contributed by atoms with van der Waals surface area (Å²) < 4.78 is 7.58. The van der Waals surface area contributed by atoms with Crippen molar-refractivity contribution in [3.63, 3.8) is 0 Å². The molecule has 0 atom stereocenters. The minimum Gasteiger partial charge on any atom is -0.379 e. The summed E-state index contributed by atoms with van der Waals surface area (Å²) in [5, 5.41) is 11.1. The number of nitrogens with zero attached hydrogens (tertiary/aromatic N) is 3. The van der Waals surface area contributed by atoms with Gasteiger partial charge in [0.2, 0.25) is 0 Å². The first-order valence-electron chi connectivity index (χ1n) is 8.67. The fourth-order valence-electron chi connectivity index (χ4n) is 2.25. The van der Waals surface area contributed by atoms with E-state index in [1.807, 2.05) is 6.92 Å². The number of nitrogens with one attached hydrogen (secondary N) is 2. The first kappa shape index (κ1) is 19.5. The van der Waals surface area contributed by atoms with Gasteiger partial charge in [0.25, 0.3) is 0 Å². The Morgan fingerprint density at radius 1 is 1.30 bits per heavy atom. The van der Waals surface area contributed by atoms with Crippen LogP contribution in [0.4, 0.5) is 0 Å². The zero-order valence-corrected chi connectivity index (χ0v) is 15.4. The number of aryl methyl sites for hydroxylation is 3. The maximum Gasteiger partial charge on any atom is 0.191 e. The second-order valence-electron chi connectivity index (χ2n) is 5.96. The largest absolute Gasteiger partial charge is 0.379 e. The Morgan fingerprint density at radius 3 is 2.70 bits per heavy atom. The van der Waals surface area contributed by atoms with Crippen molar-refractivity contribution in [2.45, 2.75) is 60.1 Å². The molecule has 2 N–H and O–H groups in total. The number of aliphatic imine (C=N–C) groups is 1. The van der Waals surface area contributed by atoms with Crippen molar-refractivity contribution in [1.29, 1.82) is 0 Å². The molecule has 1 aromatic heterocycles. The summed E-state index contributed by atoms with van der Waals surface area (Å²) in [5.41, 5.74) is 2.28. The summed E-state index contributed by atoms with van der Waals surface area (Å²) in [6.07, 6.45) is 2.26. The molecule has 0 bridgehead atoms. The molecule has 0 spiro atoms. The fourth-order valence-corrected chi connectivity index (χ4v) is 2.25. The second-order valence-corrected chi connectivity index (χ2v) is 5.96. The van der Waals surface area contributed by atoms with Crippen molar-refractivity contribution < 1.29 is 4.74 Å². The van der Waals surface area contributed by atoms with Gasteiger partial charge in [-0.3, -0.25) is 9.67 Å². The average molecular weight is 323 g/mol. The first-order valence-corrected chi connectivity index (χ1v) is 8.67. The molecular formula is C17H33N5O. The van der Waals surface area contributed by atoms with Crippen LogP contribution in [0.2, 0.25) is 0 Å². The molecule has 0 unspecified atom stereocenters. The third-order valence-corrected chi connectivity index (χ3v) is 3.31. The molecule has 0 fully saturated rings. The predicted molar refractivity (Wildman–Crippen MR) is 96.0 cm³/mol. The highest BCUT2D eigenvalue weighted by Crippen LogP contribution is 2.02. The summed E-state index contributed by atoms with van der Waals surface area (Å²) in [4.78, 5) is 4.61. The Hall–Kier alpha value is -1.56. The van der Waals surface area contributed by atoms with Crippen molar-refractivity contribution in [2.75, 3.05) is 26.2 Å². The van der Waals surface area contributed by atoms with E-state index >= 15 is 0 Å². The topological polar surface area (TPSA) is 63.5 Å². The molecule has 132 valence electrons. The number of hydrogen-bond acceptors (Lipinski definition) is 3. The zero-order chi connectivity index (χ0) is 17.1. The van der Waals surface area contributed by atoms with Crippen molar-refractivity contribution >= 4 is 5.96 Å². The second kappa shape index (κ2) is 11.0. The molecule has 1 heterocycles. The van der Waals surface area contributed by atoms with Crippen molar-refractivity contribution in [2.24, 2.45) is 4.99 Å². The molecule has 1 aromatic rings. The molecule has 0 aromatic carbocycles. The van der Waals surface area contributed by atoms with E-state index < -0.39 is 0 Å². The standard InChI is InChI=1S/C17H33N5O/c1-6-18-17(20-10-8-12-23-14(2)3)19-9-7-11-22-16(5)13-15(4)21-22/h13-14H,6-12H2,1-5H3,(H2,18,19,20). The van der Waals surface area contributed by atoms with Crippen LogP contribution in [0.15, 0.2) is 11.1 Å². The van der Waals surface area contributed by atoms with E-state index in [2.05, 4.69) is 59.2 Å². The summed E-state index contributed by atoms with van der Waals surface area (Å²) in [6.45, 7) is 14.5. The van der Waals surface area contributed by atoms with E-state index in [0.29, 0.717) is 6.10 Å². The third kappa shape index (κ3) is 8.59. The Morgan fingerprint density at radius 2 is 2.09 bits per heavy atom. The highest BCUT2D eigenvalue weighted by Gasteiger charge is 2.01. The maximum atomic E-state index is 5.53. The van der Waals surface area contributed by atoms with Gasteiger partial charge >= 0.3 is 0 Å². The predicted octanol–water partition coefficient (Wildman–Crippen LogP) is 2.26. The molecule has 0 radical (unpaired) electrons. The van der Waals surface area contributed by atoms with Crippen molar-refractivity contribution in [3.8, 4) is 0 Å². The lowest BCUT2D eigenvalue weighted by Gasteiger charge is -2.12. The lowest BCUT2D eigenvalue weighted by Crippen LogP contribution is -2.38. The fraction of sp³-hybridized carbons (Fsp3) is 0.765. The molecule has 0 saturated carbocycles. The maximum absolute atomic E-state index is 5.53. The van der Waals surface area contributed by atoms with Gasteiger partial charge in [-0.1, -0.05) is 0 Å². The molecule has 6 nitrogen and oxygen atoms in total. The summed E-state index contributed by atoms with van der Waals surface area (Å²) in [7, 11) is 0. The van der Waals surface area contributed by atoms with E-state index in [-0.39, 0.29) is 0 Å². The van der Waals surface area contributed by atoms with E-state index in [0.717, 1.165) is 57.3 Å². The highest BCUT2D eigenvalue weighted by atomic mass is 16.5. The Balaban J connectivity index is 2.26. The van der Waals surface area contributed by atoms with Crippen molar-refractivity contribution in [3.05, 3.63) is 17.5 Å². The average Bonchev–Trinajstić information content (AvgIpc) is 2.80. The molecule has 6 heteroatoms. The van der Waals surface area contributed by atoms with Crippen LogP contribution in [0.25, 0.3) is 0 Å². The van der Waals surface area contributed by atoms with Crippen LogP contribution >= 0.6 is 0 Å². The van der Waals surface area contributed by atoms with Crippen LogP contribution in [0.5, 0.6) is 0 Å². The number of hydrogen-bond donors (Lipinski definition) is 2. The monoisotopic (exact) mass is 323 g/mol. The molecule has 0 aliphatic heterocycles. The molecule has 0 saturated heterocycles. The Labute approximate surface area is 140 Å². The number of ether oxygens (including phenoxy) is 1. The van der Waals surface area contributed by atoms with Gasteiger partial charge in [0.15, 0.2) is 5.96 Å². The number of guanidine groups is 1. The molecule has 0 amide bonds. The molecule has 0 aliphatic carbocycles. The quantitative estimate of drug-likeness (QED) is 0.394. The van der Waals surface area contributed by atoms with Gasteiger partial charge in [-0.25, -0.2) is 0 Å². The van der Waals surface area contributed by atoms with Crippen LogP contribution in [0.1, 0.15) is 45.0 Å². The van der Waals surface area contributed by atoms with Gasteiger partial charge in [-0.2, -0.15) is 5.10 Å². The lowest BCUT2D eigenvalue weighted by atomic mass is 10.4. The summed E-state index contributed by atoms with van der Waals surface area (Å²) in [6, 6.07) is 2.11. The normalized spacial score (nSPS) is 12.0. The van der Waals surface area contributed by atoms with Crippen LogP contribution in [0.3, 0.4) is 0 Å². The van der Waals surface area contributed by atoms with Crippen molar-refractivity contribution in [1.82, 2.24) is 20.4 Å². The van der Waals surface area contributed by atoms with Crippen LogP contribution in [-0.2, 0) is 11.3 Å². The van der Waals surface area contributed by atoms with E-state index in [4.69, 9.17) is 4.74 Å². The first-order chi connectivity index (χ1) is 11.0. The molecular weight excluding hydrogens is 290 g/mol. The SMILES string of the molecule is CCNC(=NCCCn1nc(C)cc1C)NCCCOC(C)C. The third-order valence-electron chi connectivity index (χ3n) is 3.31. The summed E-state index contributed by atoms with van der Waals surface area (Å²) >= 11 is 0. The van der Waals surface area contributed by atoms with E-state index in [1.165, 1.54) is 5.69 Å². The lowest BCUT2D eigenvalue weighted by molar-refractivity contribution is 0.0776. The highest BCUT2D eigenvalue weighted by molar-refractivity contribution is 5.79. The van der Waals surface area contributed by atoms with Gasteiger partial charge in [0.1, 0.15) is 0 Å². The summed E-state index contributed by atoms with van der Waals surface area (Å²) in [5.74, 6) is 0.880. The minimum atomic E-state index is 0.297. The Bertz CT molecular complexity index is 468. The van der Waals surface area contributed by atoms with Crippen LogP contribution in [-0.4, -0.2) is 48.1 Å². The van der Waals surface area contributed by atoms with Gasteiger partial charge in [0.05, 0.1) is 11.8 Å². The van der Waals surface area contributed by atoms with E-state index in [9.17, 15) is 0 Å². The van der Waals surface area contributed by atoms with Gasteiger partial charge in [-0.15, -0.1) is 0 Å². The number of rotatable bonds is 10. The van der Waals surface area contributed by atoms with Gasteiger partial charge in [-0.05, 0) is 53.5 Å². The zero-order valence-electron chi connectivity index (χ0n) is 15.4. The molecule has 1 rings (SSSR count). The Kier molecular flexibility index (Phi) is 9.36. The van der Waals surface area contributed by atoms with Crippen LogP contribution in [0, 0.1) is 13.8 Å². The van der Waals surface area contributed by atoms with Gasteiger partial charge in [0, 0.05) is 38.5 Å². The molecule has 23 heavy (non-hydrogen) atoms. The number of aromatic nitrogens is 2.